The second-order valence-electron chi connectivity index (χ2n) is 8.37. The molecule has 0 bridgehead atoms. The Kier molecular flexibility index (Phi) is 7.55. The zero-order valence-electron chi connectivity index (χ0n) is 18.9. The van der Waals surface area contributed by atoms with E-state index < -0.39 is 15.9 Å². The fourth-order valence-corrected chi connectivity index (χ4v) is 5.85. The molecular formula is C25H28FNO6S. The molecule has 2 aromatic carbocycles. The van der Waals surface area contributed by atoms with Crippen LogP contribution in [-0.2, 0) is 16.4 Å². The predicted octanol–water partition coefficient (Wildman–Crippen LogP) is 3.52. The minimum Gasteiger partial charge on any atom is -0.493 e. The van der Waals surface area contributed by atoms with E-state index in [2.05, 4.69) is 0 Å². The fraction of sp³-hybridized carbons (Fsp3) is 0.360. The van der Waals surface area contributed by atoms with Crippen LogP contribution in [0.1, 0.15) is 12.2 Å². The summed E-state index contributed by atoms with van der Waals surface area (Å²) in [6.07, 6.45) is -0.367. The fourth-order valence-electron chi connectivity index (χ4n) is 4.09. The molecule has 1 saturated heterocycles. The monoisotopic (exact) mass is 489 g/mol. The summed E-state index contributed by atoms with van der Waals surface area (Å²) < 4.78 is 54.4. The molecular weight excluding hydrogens is 461 g/mol. The highest BCUT2D eigenvalue weighted by atomic mass is 32.2. The minimum absolute atomic E-state index is 0.0231. The first-order chi connectivity index (χ1) is 16.3. The summed E-state index contributed by atoms with van der Waals surface area (Å²) in [5.74, 6) is 2.15. The van der Waals surface area contributed by atoms with Crippen molar-refractivity contribution < 1.29 is 31.8 Å². The van der Waals surface area contributed by atoms with E-state index in [-0.39, 0.29) is 36.5 Å². The molecule has 1 N–H and O–H groups in total. The highest BCUT2D eigenvalue weighted by Crippen LogP contribution is 2.27. The van der Waals surface area contributed by atoms with Crippen molar-refractivity contribution in [2.75, 3.05) is 31.8 Å². The number of hydrogen-bond donors (Lipinski definition) is 1. The van der Waals surface area contributed by atoms with Crippen molar-refractivity contribution in [2.24, 2.45) is 0 Å². The summed E-state index contributed by atoms with van der Waals surface area (Å²) in [5, 5.41) is 10.7. The Morgan fingerprint density at radius 1 is 1.12 bits per heavy atom. The van der Waals surface area contributed by atoms with Gasteiger partial charge in [0.05, 0.1) is 25.2 Å². The van der Waals surface area contributed by atoms with Crippen molar-refractivity contribution in [3.05, 3.63) is 72.2 Å². The van der Waals surface area contributed by atoms with Crippen molar-refractivity contribution in [3.8, 4) is 22.8 Å². The smallest absolute Gasteiger partial charge is 0.161 e. The van der Waals surface area contributed by atoms with Crippen LogP contribution in [0.2, 0.25) is 0 Å². The lowest BCUT2D eigenvalue weighted by Gasteiger charge is -2.29. The Morgan fingerprint density at radius 2 is 1.85 bits per heavy atom. The average molecular weight is 490 g/mol. The molecule has 0 aliphatic carbocycles. The van der Waals surface area contributed by atoms with Crippen LogP contribution in [-0.4, -0.2) is 62.3 Å². The van der Waals surface area contributed by atoms with E-state index in [9.17, 15) is 17.9 Å². The number of benzene rings is 2. The number of ether oxygens (including phenoxy) is 2. The maximum atomic E-state index is 13.2. The van der Waals surface area contributed by atoms with Crippen molar-refractivity contribution in [2.45, 2.75) is 25.1 Å². The second-order valence-corrected chi connectivity index (χ2v) is 10.6. The number of halogens is 1. The largest absolute Gasteiger partial charge is 0.493 e. The van der Waals surface area contributed by atoms with E-state index in [4.69, 9.17) is 13.9 Å². The summed E-state index contributed by atoms with van der Waals surface area (Å²) in [5.41, 5.74) is 0.743. The SMILES string of the molecule is COc1ccccc1OCC(O)CN(Cc1ccc(-c2ccc(F)cc2)o1)C1CCS(=O)(=O)C1. The number of sulfone groups is 1. The molecule has 1 aliphatic heterocycles. The molecule has 2 unspecified atom stereocenters. The van der Waals surface area contributed by atoms with Gasteiger partial charge in [-0.15, -0.1) is 0 Å². The molecule has 2 atom stereocenters. The zero-order valence-corrected chi connectivity index (χ0v) is 19.7. The van der Waals surface area contributed by atoms with Gasteiger partial charge in [-0.2, -0.15) is 0 Å². The van der Waals surface area contributed by atoms with Crippen molar-refractivity contribution in [1.82, 2.24) is 4.90 Å². The summed E-state index contributed by atoms with van der Waals surface area (Å²) in [6.45, 7) is 0.560. The Bertz CT molecular complexity index is 1190. The van der Waals surface area contributed by atoms with Crippen molar-refractivity contribution in [3.63, 3.8) is 0 Å². The number of methoxy groups -OCH3 is 1. The van der Waals surface area contributed by atoms with E-state index in [0.29, 0.717) is 36.0 Å². The van der Waals surface area contributed by atoms with Gasteiger partial charge in [-0.1, -0.05) is 12.1 Å². The summed E-state index contributed by atoms with van der Waals surface area (Å²) in [4.78, 5) is 1.92. The predicted molar refractivity (Wildman–Crippen MR) is 126 cm³/mol. The number of furan rings is 1. The third kappa shape index (κ3) is 6.16. The first-order valence-corrected chi connectivity index (χ1v) is 12.9. The average Bonchev–Trinajstić information content (AvgIpc) is 3.44. The number of nitrogens with zero attached hydrogens (tertiary/aromatic N) is 1. The normalized spacial score (nSPS) is 18.2. The number of para-hydroxylation sites is 2. The van der Waals surface area contributed by atoms with Crippen LogP contribution in [0.4, 0.5) is 4.39 Å². The molecule has 1 aliphatic rings. The van der Waals surface area contributed by atoms with Gasteiger partial charge in [-0.25, -0.2) is 12.8 Å². The van der Waals surface area contributed by atoms with Crippen molar-refractivity contribution in [1.29, 1.82) is 0 Å². The van der Waals surface area contributed by atoms with E-state index in [1.54, 1.807) is 37.4 Å². The number of rotatable bonds is 10. The first-order valence-electron chi connectivity index (χ1n) is 11.1. The first kappa shape index (κ1) is 24.3. The molecule has 1 fully saturated rings. The highest BCUT2D eigenvalue weighted by Gasteiger charge is 2.33. The van der Waals surface area contributed by atoms with Gasteiger partial charge < -0.3 is 19.0 Å². The third-order valence-corrected chi connectivity index (χ3v) is 7.57. The standard InChI is InChI=1S/C25H28FNO6S/c1-31-24-4-2-3-5-25(24)32-16-21(28)14-27(20-12-13-34(29,30)17-20)15-22-10-11-23(33-22)18-6-8-19(26)9-7-18/h2-11,20-21,28H,12-17H2,1H3. The molecule has 182 valence electrons. The van der Waals surface area contributed by atoms with Crippen LogP contribution in [0, 0.1) is 5.82 Å². The third-order valence-electron chi connectivity index (χ3n) is 5.82. The summed E-state index contributed by atoms with van der Waals surface area (Å²) in [6, 6.07) is 16.6. The van der Waals surface area contributed by atoms with Gasteiger partial charge in [0.25, 0.3) is 0 Å². The molecule has 0 amide bonds. The van der Waals surface area contributed by atoms with Crippen LogP contribution in [0.25, 0.3) is 11.3 Å². The Balaban J connectivity index is 1.45. The van der Waals surface area contributed by atoms with E-state index in [0.717, 1.165) is 5.56 Å². The summed E-state index contributed by atoms with van der Waals surface area (Å²) in [7, 11) is -1.57. The lowest BCUT2D eigenvalue weighted by Crippen LogP contribution is -2.42. The maximum absolute atomic E-state index is 13.2. The van der Waals surface area contributed by atoms with Gasteiger partial charge in [0.1, 0.15) is 30.0 Å². The zero-order chi connectivity index (χ0) is 24.1. The number of aliphatic hydroxyl groups excluding tert-OH is 1. The molecule has 0 spiro atoms. The quantitative estimate of drug-likeness (QED) is 0.466. The molecule has 0 radical (unpaired) electrons. The molecule has 3 aromatic rings. The van der Waals surface area contributed by atoms with Crippen LogP contribution in [0.15, 0.2) is 65.1 Å². The van der Waals surface area contributed by atoms with Gasteiger partial charge in [-0.05, 0) is 55.0 Å². The molecule has 7 nitrogen and oxygen atoms in total. The lowest BCUT2D eigenvalue weighted by molar-refractivity contribution is 0.0491. The van der Waals surface area contributed by atoms with E-state index in [1.807, 2.05) is 23.1 Å². The topological polar surface area (TPSA) is 89.2 Å². The van der Waals surface area contributed by atoms with Crippen molar-refractivity contribution >= 4 is 9.84 Å². The highest BCUT2D eigenvalue weighted by molar-refractivity contribution is 7.91. The molecule has 4 rings (SSSR count). The molecule has 0 saturated carbocycles. The molecule has 2 heterocycles. The van der Waals surface area contributed by atoms with Crippen LogP contribution in [0.3, 0.4) is 0 Å². The Labute approximate surface area is 198 Å². The van der Waals surface area contributed by atoms with Gasteiger partial charge in [0.15, 0.2) is 21.3 Å². The van der Waals surface area contributed by atoms with Crippen LogP contribution < -0.4 is 9.47 Å². The van der Waals surface area contributed by atoms with Crippen LogP contribution in [0.5, 0.6) is 11.5 Å². The van der Waals surface area contributed by atoms with Gasteiger partial charge in [0, 0.05) is 18.2 Å². The minimum atomic E-state index is -3.11. The maximum Gasteiger partial charge on any atom is 0.161 e. The van der Waals surface area contributed by atoms with Gasteiger partial charge in [-0.3, -0.25) is 4.90 Å². The summed E-state index contributed by atoms with van der Waals surface area (Å²) >= 11 is 0. The molecule has 34 heavy (non-hydrogen) atoms. The van der Waals surface area contributed by atoms with E-state index in [1.165, 1.54) is 12.1 Å². The van der Waals surface area contributed by atoms with Gasteiger partial charge >= 0.3 is 0 Å². The Morgan fingerprint density at radius 3 is 2.53 bits per heavy atom. The number of hydrogen-bond acceptors (Lipinski definition) is 7. The van der Waals surface area contributed by atoms with E-state index >= 15 is 0 Å². The lowest BCUT2D eigenvalue weighted by atomic mass is 10.2. The molecule has 1 aromatic heterocycles. The second kappa shape index (κ2) is 10.6. The van der Waals surface area contributed by atoms with Crippen LogP contribution >= 0.6 is 0 Å². The Hall–Kier alpha value is -2.88. The molecule has 9 heteroatoms. The number of aliphatic hydroxyl groups is 1. The van der Waals surface area contributed by atoms with Gasteiger partial charge in [0.2, 0.25) is 0 Å².